The van der Waals surface area contributed by atoms with E-state index in [9.17, 15) is 0 Å². The molecule has 2 unspecified atom stereocenters. The Hall–Kier alpha value is -0.120. The summed E-state index contributed by atoms with van der Waals surface area (Å²) in [6.07, 6.45) is 5.86. The molecule has 0 bridgehead atoms. The van der Waals surface area contributed by atoms with Crippen LogP contribution in [0.3, 0.4) is 0 Å². The second-order valence-corrected chi connectivity index (χ2v) is 6.75. The minimum Gasteiger partial charge on any atom is -0.381 e. The Balaban J connectivity index is 1.56. The van der Waals surface area contributed by atoms with E-state index in [1.54, 1.807) is 0 Å². The predicted molar refractivity (Wildman–Crippen MR) is 67.1 cm³/mol. The Morgan fingerprint density at radius 2 is 1.76 bits per heavy atom. The van der Waals surface area contributed by atoms with Crippen LogP contribution in [-0.2, 0) is 9.47 Å². The Labute approximate surface area is 104 Å². The van der Waals surface area contributed by atoms with E-state index >= 15 is 0 Å². The van der Waals surface area contributed by atoms with Crippen LogP contribution in [0, 0.1) is 5.41 Å². The van der Waals surface area contributed by atoms with E-state index in [4.69, 9.17) is 9.47 Å². The molecule has 1 saturated carbocycles. The first-order valence-electron chi connectivity index (χ1n) is 7.08. The molecule has 17 heavy (non-hydrogen) atoms. The van der Waals surface area contributed by atoms with Crippen molar-refractivity contribution in [3.63, 3.8) is 0 Å². The lowest BCUT2D eigenvalue weighted by atomic mass is 9.84. The molecule has 3 fully saturated rings. The maximum absolute atomic E-state index is 6.07. The predicted octanol–water partition coefficient (Wildman–Crippen LogP) is 2.10. The third kappa shape index (κ3) is 2.51. The molecule has 1 N–H and O–H groups in total. The summed E-state index contributed by atoms with van der Waals surface area (Å²) in [5.41, 5.74) is 0.661. The van der Waals surface area contributed by atoms with Gasteiger partial charge < -0.3 is 14.8 Å². The van der Waals surface area contributed by atoms with Crippen LogP contribution >= 0.6 is 0 Å². The van der Waals surface area contributed by atoms with Crippen LogP contribution in [0.4, 0.5) is 0 Å². The van der Waals surface area contributed by atoms with Gasteiger partial charge in [-0.2, -0.15) is 0 Å². The van der Waals surface area contributed by atoms with Gasteiger partial charge in [-0.25, -0.2) is 0 Å². The van der Waals surface area contributed by atoms with E-state index < -0.39 is 0 Å². The summed E-state index contributed by atoms with van der Waals surface area (Å²) in [4.78, 5) is 0. The van der Waals surface area contributed by atoms with Gasteiger partial charge in [0, 0.05) is 31.9 Å². The highest BCUT2D eigenvalue weighted by Crippen LogP contribution is 2.46. The third-order valence-corrected chi connectivity index (χ3v) is 4.85. The van der Waals surface area contributed by atoms with Gasteiger partial charge in [-0.05, 0) is 37.5 Å². The van der Waals surface area contributed by atoms with Gasteiger partial charge in [0.15, 0.2) is 0 Å². The molecule has 2 heterocycles. The number of hydrogen-bond acceptors (Lipinski definition) is 3. The lowest BCUT2D eigenvalue weighted by Crippen LogP contribution is -2.50. The maximum atomic E-state index is 6.07. The smallest absolute Gasteiger partial charge is 0.0741 e. The first-order chi connectivity index (χ1) is 8.10. The maximum Gasteiger partial charge on any atom is 0.0741 e. The fourth-order valence-electron chi connectivity index (χ4n) is 3.30. The van der Waals surface area contributed by atoms with E-state index in [1.165, 1.54) is 19.3 Å². The van der Waals surface area contributed by atoms with Gasteiger partial charge in [0.1, 0.15) is 0 Å². The highest BCUT2D eigenvalue weighted by molar-refractivity contribution is 5.04. The van der Waals surface area contributed by atoms with Crippen LogP contribution in [0.1, 0.15) is 46.0 Å². The van der Waals surface area contributed by atoms with Gasteiger partial charge in [-0.15, -0.1) is 0 Å². The molecular formula is C14H25NO2. The zero-order chi connectivity index (χ0) is 11.9. The van der Waals surface area contributed by atoms with Crippen LogP contribution in [0.5, 0.6) is 0 Å². The summed E-state index contributed by atoms with van der Waals surface area (Å²) in [6.45, 7) is 7.39. The molecule has 1 aliphatic carbocycles. The molecule has 98 valence electrons. The van der Waals surface area contributed by atoms with E-state index in [1.807, 2.05) is 0 Å². The Bertz CT molecular complexity index is 278. The number of hydrogen-bond donors (Lipinski definition) is 1. The van der Waals surface area contributed by atoms with Gasteiger partial charge >= 0.3 is 0 Å². The third-order valence-electron chi connectivity index (χ3n) is 4.85. The molecule has 0 aromatic carbocycles. The Kier molecular flexibility index (Phi) is 2.96. The summed E-state index contributed by atoms with van der Waals surface area (Å²) in [5, 5.41) is 3.83. The first-order valence-corrected chi connectivity index (χ1v) is 7.08. The molecule has 1 spiro atoms. The molecule has 3 rings (SSSR count). The summed E-state index contributed by atoms with van der Waals surface area (Å²) < 4.78 is 11.5. The quantitative estimate of drug-likeness (QED) is 0.800. The second kappa shape index (κ2) is 4.22. The lowest BCUT2D eigenvalue weighted by molar-refractivity contribution is -0.140. The topological polar surface area (TPSA) is 30.5 Å². The van der Waals surface area contributed by atoms with E-state index in [0.717, 1.165) is 38.7 Å². The van der Waals surface area contributed by atoms with Crippen molar-refractivity contribution < 1.29 is 9.47 Å². The highest BCUT2D eigenvalue weighted by Gasteiger charge is 2.48. The fourth-order valence-corrected chi connectivity index (χ4v) is 3.30. The molecule has 0 radical (unpaired) electrons. The summed E-state index contributed by atoms with van der Waals surface area (Å²) in [7, 11) is 0. The van der Waals surface area contributed by atoms with Gasteiger partial charge in [-0.3, -0.25) is 0 Å². The molecule has 2 aliphatic heterocycles. The van der Waals surface area contributed by atoms with Gasteiger partial charge in [0.2, 0.25) is 0 Å². The zero-order valence-corrected chi connectivity index (χ0v) is 11.1. The van der Waals surface area contributed by atoms with Crippen LogP contribution < -0.4 is 5.32 Å². The van der Waals surface area contributed by atoms with Crippen molar-refractivity contribution in [1.82, 2.24) is 5.32 Å². The molecule has 3 nitrogen and oxygen atoms in total. The Morgan fingerprint density at radius 1 is 1.06 bits per heavy atom. The van der Waals surface area contributed by atoms with Crippen molar-refractivity contribution in [3.05, 3.63) is 0 Å². The van der Waals surface area contributed by atoms with Crippen molar-refractivity contribution >= 4 is 0 Å². The van der Waals surface area contributed by atoms with E-state index in [0.29, 0.717) is 11.5 Å². The Morgan fingerprint density at radius 3 is 2.41 bits per heavy atom. The second-order valence-electron chi connectivity index (χ2n) is 6.75. The first kappa shape index (κ1) is 11.9. The van der Waals surface area contributed by atoms with Gasteiger partial charge in [-0.1, -0.05) is 13.8 Å². The molecule has 0 amide bonds. The van der Waals surface area contributed by atoms with Crippen LogP contribution in [0.25, 0.3) is 0 Å². The average Bonchev–Trinajstić information content (AvgIpc) is 2.87. The van der Waals surface area contributed by atoms with Crippen molar-refractivity contribution in [3.8, 4) is 0 Å². The minimum atomic E-state index is 0.132. The largest absolute Gasteiger partial charge is 0.381 e. The van der Waals surface area contributed by atoms with E-state index in [-0.39, 0.29) is 5.60 Å². The molecule has 3 aliphatic rings. The number of nitrogens with one attached hydrogen (secondary N) is 1. The standard InChI is InChI=1S/C14H25NO2/c1-13(2)10-12(13)15-11-3-6-17-14(9-11)4-7-16-8-5-14/h11-12,15H,3-10H2,1-2H3. The summed E-state index contributed by atoms with van der Waals surface area (Å²) >= 11 is 0. The zero-order valence-electron chi connectivity index (χ0n) is 11.1. The molecule has 3 heteroatoms. The van der Waals surface area contributed by atoms with Crippen LogP contribution in [-0.4, -0.2) is 37.5 Å². The summed E-state index contributed by atoms with van der Waals surface area (Å²) in [6, 6.07) is 1.40. The fraction of sp³-hybridized carbons (Fsp3) is 1.00. The lowest BCUT2D eigenvalue weighted by Gasteiger charge is -2.43. The monoisotopic (exact) mass is 239 g/mol. The highest BCUT2D eigenvalue weighted by atomic mass is 16.5. The molecular weight excluding hydrogens is 214 g/mol. The number of ether oxygens (including phenoxy) is 2. The molecule has 2 saturated heterocycles. The molecule has 0 aromatic rings. The van der Waals surface area contributed by atoms with Crippen molar-refractivity contribution in [2.24, 2.45) is 5.41 Å². The van der Waals surface area contributed by atoms with Crippen molar-refractivity contribution in [1.29, 1.82) is 0 Å². The SMILES string of the molecule is CC1(C)CC1NC1CCOC2(CCOCC2)C1. The normalized spacial score (nSPS) is 39.2. The molecule has 2 atom stereocenters. The van der Waals surface area contributed by atoms with Crippen molar-refractivity contribution in [2.75, 3.05) is 19.8 Å². The van der Waals surface area contributed by atoms with Crippen molar-refractivity contribution in [2.45, 2.75) is 63.6 Å². The average molecular weight is 239 g/mol. The van der Waals surface area contributed by atoms with E-state index in [2.05, 4.69) is 19.2 Å². The number of rotatable bonds is 2. The van der Waals surface area contributed by atoms with Gasteiger partial charge in [0.25, 0.3) is 0 Å². The summed E-state index contributed by atoms with van der Waals surface area (Å²) in [5.74, 6) is 0. The van der Waals surface area contributed by atoms with Gasteiger partial charge in [0.05, 0.1) is 5.60 Å². The molecule has 0 aromatic heterocycles. The van der Waals surface area contributed by atoms with Crippen LogP contribution in [0.15, 0.2) is 0 Å². The minimum absolute atomic E-state index is 0.132. The van der Waals surface area contributed by atoms with Crippen LogP contribution in [0.2, 0.25) is 0 Å².